The highest BCUT2D eigenvalue weighted by atomic mass is 32.2. The van der Waals surface area contributed by atoms with Crippen LogP contribution >= 0.6 is 0 Å². The van der Waals surface area contributed by atoms with Crippen LogP contribution in [0.5, 0.6) is 0 Å². The smallest absolute Gasteiger partial charge is 0.362 e. The number of amides is 1. The third-order valence-corrected chi connectivity index (χ3v) is 5.89. The molecule has 0 aromatic heterocycles. The summed E-state index contributed by atoms with van der Waals surface area (Å²) in [4.78, 5) is 26.3. The number of alkyl halides is 3. The highest BCUT2D eigenvalue weighted by Gasteiger charge is 2.34. The molecule has 8 nitrogen and oxygen atoms in total. The molecule has 1 heterocycles. The van der Waals surface area contributed by atoms with E-state index in [4.69, 9.17) is 0 Å². The molecule has 0 radical (unpaired) electrons. The summed E-state index contributed by atoms with van der Waals surface area (Å²) >= 11 is 0. The molecule has 12 heteroatoms. The van der Waals surface area contributed by atoms with Crippen LogP contribution in [0.15, 0.2) is 42.5 Å². The van der Waals surface area contributed by atoms with E-state index >= 15 is 0 Å². The van der Waals surface area contributed by atoms with Crippen molar-refractivity contribution in [3.8, 4) is 0 Å². The minimum Gasteiger partial charge on any atom is -0.362 e. The third kappa shape index (κ3) is 5.55. The molecule has 0 spiro atoms. The van der Waals surface area contributed by atoms with Crippen molar-refractivity contribution in [2.45, 2.75) is 11.9 Å². The van der Waals surface area contributed by atoms with Gasteiger partial charge in [-0.1, -0.05) is 12.1 Å². The van der Waals surface area contributed by atoms with E-state index in [1.54, 1.807) is 17.0 Å². The van der Waals surface area contributed by atoms with Gasteiger partial charge in [0.2, 0.25) is 0 Å². The average Bonchev–Trinajstić information content (AvgIpc) is 2.71. The fourth-order valence-corrected chi connectivity index (χ4v) is 4.29. The number of carbonyl (C=O) groups excluding carboxylic acids is 1. The van der Waals surface area contributed by atoms with E-state index in [0.29, 0.717) is 17.2 Å². The molecule has 1 aliphatic heterocycles. The summed E-state index contributed by atoms with van der Waals surface area (Å²) < 4.78 is 61.4. The Hall–Kier alpha value is -3.15. The van der Waals surface area contributed by atoms with Crippen LogP contribution in [0, 0.1) is 10.1 Å². The molecule has 0 aliphatic carbocycles. The Balaban J connectivity index is 1.70. The van der Waals surface area contributed by atoms with Crippen molar-refractivity contribution >= 4 is 27.1 Å². The lowest BCUT2D eigenvalue weighted by molar-refractivity contribution is -0.384. The zero-order valence-corrected chi connectivity index (χ0v) is 17.8. The lowest BCUT2D eigenvalue weighted by atomic mass is 10.1. The fraction of sp³-hybridized carbons (Fsp3) is 0.350. The number of anilines is 1. The number of halogens is 3. The number of piperazine rings is 1. The van der Waals surface area contributed by atoms with Gasteiger partial charge in [0.05, 0.1) is 16.2 Å². The Kier molecular flexibility index (Phi) is 6.44. The first-order chi connectivity index (χ1) is 14.8. The van der Waals surface area contributed by atoms with Crippen LogP contribution in [0.1, 0.15) is 21.5 Å². The van der Waals surface area contributed by atoms with Gasteiger partial charge in [-0.15, -0.1) is 0 Å². The van der Waals surface area contributed by atoms with Crippen molar-refractivity contribution in [2.75, 3.05) is 37.3 Å². The van der Waals surface area contributed by atoms with Gasteiger partial charge in [-0.05, 0) is 29.8 Å². The lowest BCUT2D eigenvalue weighted by Crippen LogP contribution is -2.49. The second-order valence-electron chi connectivity index (χ2n) is 7.50. The van der Waals surface area contributed by atoms with Crippen LogP contribution in [-0.4, -0.2) is 56.6 Å². The van der Waals surface area contributed by atoms with E-state index < -0.39 is 32.2 Å². The van der Waals surface area contributed by atoms with E-state index in [-0.39, 0.29) is 43.5 Å². The Bertz CT molecular complexity index is 1130. The van der Waals surface area contributed by atoms with Gasteiger partial charge in [-0.2, -0.15) is 13.2 Å². The summed E-state index contributed by atoms with van der Waals surface area (Å²) in [7, 11) is -3.20. The first-order valence-corrected chi connectivity index (χ1v) is 11.6. The van der Waals surface area contributed by atoms with Crippen LogP contribution in [0.3, 0.4) is 0 Å². The number of rotatable bonds is 5. The van der Waals surface area contributed by atoms with E-state index in [0.717, 1.165) is 18.4 Å². The normalized spacial score (nSPS) is 15.0. The second-order valence-corrected chi connectivity index (χ2v) is 9.64. The number of sulfone groups is 1. The molecule has 0 N–H and O–H groups in total. The van der Waals surface area contributed by atoms with Crippen molar-refractivity contribution in [1.82, 2.24) is 4.90 Å². The van der Waals surface area contributed by atoms with Crippen LogP contribution in [-0.2, 0) is 21.8 Å². The third-order valence-electron chi connectivity index (χ3n) is 5.04. The summed E-state index contributed by atoms with van der Waals surface area (Å²) in [5.41, 5.74) is -0.734. The number of hydrogen-bond donors (Lipinski definition) is 0. The summed E-state index contributed by atoms with van der Waals surface area (Å²) in [6, 6.07) is 8.61. The number of nitrogens with zero attached hydrogens (tertiary/aromatic N) is 3. The molecule has 1 amide bonds. The predicted molar refractivity (Wildman–Crippen MR) is 111 cm³/mol. The van der Waals surface area contributed by atoms with Crippen LogP contribution in [0.4, 0.5) is 24.5 Å². The van der Waals surface area contributed by atoms with Crippen molar-refractivity contribution in [1.29, 1.82) is 0 Å². The molecule has 1 aliphatic rings. The van der Waals surface area contributed by atoms with Gasteiger partial charge >= 0.3 is 6.18 Å². The highest BCUT2D eigenvalue weighted by Crippen LogP contribution is 2.36. The summed E-state index contributed by atoms with van der Waals surface area (Å²) in [6.45, 7) is 0.873. The monoisotopic (exact) mass is 471 g/mol. The Morgan fingerprint density at radius 2 is 1.66 bits per heavy atom. The maximum Gasteiger partial charge on any atom is 0.416 e. The minimum absolute atomic E-state index is 0.0697. The van der Waals surface area contributed by atoms with Gasteiger partial charge in [-0.3, -0.25) is 14.9 Å². The van der Waals surface area contributed by atoms with Gasteiger partial charge in [0.25, 0.3) is 11.6 Å². The molecule has 0 saturated carbocycles. The number of nitro groups is 1. The summed E-state index contributed by atoms with van der Waals surface area (Å²) in [5, 5.41) is 11.3. The van der Waals surface area contributed by atoms with E-state index in [1.807, 2.05) is 0 Å². The Morgan fingerprint density at radius 1 is 1.06 bits per heavy atom. The summed E-state index contributed by atoms with van der Waals surface area (Å²) in [6.07, 6.45) is -3.57. The van der Waals surface area contributed by atoms with Crippen molar-refractivity contribution < 1.29 is 31.3 Å². The molecular formula is C20H20F3N3O5S. The van der Waals surface area contributed by atoms with Crippen molar-refractivity contribution in [2.24, 2.45) is 0 Å². The maximum absolute atomic E-state index is 12.9. The standard InChI is InChI=1S/C20H20F3N3O5S/c1-32(30,31)13-14-2-4-15(5-3-14)19(27)25-10-8-24(9-11-25)17-7-6-16(20(21,22)23)12-18(17)26(28)29/h2-7,12H,8-11,13H2,1H3. The van der Waals surface area contributed by atoms with E-state index in [9.17, 15) is 36.5 Å². The molecule has 2 aromatic rings. The van der Waals surface area contributed by atoms with Crippen LogP contribution < -0.4 is 4.90 Å². The predicted octanol–water partition coefficient (Wildman–Crippen LogP) is 3.12. The number of hydrogen-bond acceptors (Lipinski definition) is 6. The van der Waals surface area contributed by atoms with Crippen molar-refractivity contribution in [3.05, 3.63) is 69.3 Å². The minimum atomic E-state index is -4.69. The van der Waals surface area contributed by atoms with Crippen molar-refractivity contribution in [3.63, 3.8) is 0 Å². The highest BCUT2D eigenvalue weighted by molar-refractivity contribution is 7.89. The van der Waals surface area contributed by atoms with Gasteiger partial charge in [0.1, 0.15) is 5.69 Å². The molecule has 172 valence electrons. The quantitative estimate of drug-likeness (QED) is 0.491. The molecular weight excluding hydrogens is 451 g/mol. The molecule has 1 fully saturated rings. The Labute approximate surface area is 182 Å². The number of benzene rings is 2. The molecule has 2 aromatic carbocycles. The average molecular weight is 471 g/mol. The van der Waals surface area contributed by atoms with E-state index in [1.165, 1.54) is 17.0 Å². The zero-order valence-electron chi connectivity index (χ0n) is 17.0. The summed E-state index contributed by atoms with van der Waals surface area (Å²) in [5.74, 6) is -0.413. The van der Waals surface area contributed by atoms with Crippen LogP contribution in [0.25, 0.3) is 0 Å². The number of nitro benzene ring substituents is 1. The first kappa shape index (κ1) is 23.5. The molecule has 0 unspecified atom stereocenters. The zero-order chi connectivity index (χ0) is 23.7. The van der Waals surface area contributed by atoms with Crippen LogP contribution in [0.2, 0.25) is 0 Å². The fourth-order valence-electron chi connectivity index (χ4n) is 3.49. The Morgan fingerprint density at radius 3 is 2.16 bits per heavy atom. The number of carbonyl (C=O) groups is 1. The van der Waals surface area contributed by atoms with Gasteiger partial charge in [-0.25, -0.2) is 8.42 Å². The second kappa shape index (κ2) is 8.77. The molecule has 0 atom stereocenters. The largest absolute Gasteiger partial charge is 0.416 e. The maximum atomic E-state index is 12.9. The molecule has 3 rings (SSSR count). The molecule has 1 saturated heterocycles. The molecule has 0 bridgehead atoms. The van der Waals surface area contributed by atoms with Gasteiger partial charge < -0.3 is 9.80 Å². The van der Waals surface area contributed by atoms with E-state index in [2.05, 4.69) is 0 Å². The molecule has 32 heavy (non-hydrogen) atoms. The topological polar surface area (TPSA) is 101 Å². The lowest BCUT2D eigenvalue weighted by Gasteiger charge is -2.36. The first-order valence-electron chi connectivity index (χ1n) is 9.52. The SMILES string of the molecule is CS(=O)(=O)Cc1ccc(C(=O)N2CCN(c3ccc(C(F)(F)F)cc3[N+](=O)[O-])CC2)cc1. The van der Waals surface area contributed by atoms with Gasteiger partial charge in [0.15, 0.2) is 9.84 Å². The van der Waals surface area contributed by atoms with Gasteiger partial charge in [0, 0.05) is 44.1 Å².